The second-order valence-electron chi connectivity index (χ2n) is 6.80. The molecule has 0 atom stereocenters. The Balaban J connectivity index is 1.61. The lowest BCUT2D eigenvalue weighted by molar-refractivity contribution is -0.113. The molecule has 4 aromatic carbocycles. The van der Waals surface area contributed by atoms with Gasteiger partial charge in [-0.25, -0.2) is 0 Å². The molecular weight excluding hydrogens is 372 g/mol. The molecule has 0 aliphatic heterocycles. The Bertz CT molecular complexity index is 1220. The molecule has 0 spiro atoms. The second kappa shape index (κ2) is 8.88. The number of benzene rings is 4. The number of hydrogen-bond donors (Lipinski definition) is 2. The van der Waals surface area contributed by atoms with Gasteiger partial charge in [-0.15, -0.1) is 0 Å². The van der Waals surface area contributed by atoms with Crippen LogP contribution in [-0.2, 0) is 4.79 Å². The molecule has 0 heterocycles. The summed E-state index contributed by atoms with van der Waals surface area (Å²) in [4.78, 5) is 25.7. The molecule has 0 saturated carbocycles. The van der Waals surface area contributed by atoms with Crippen LogP contribution in [0.25, 0.3) is 16.8 Å². The number of nitrogens with one attached hydrogen (secondary N) is 2. The lowest BCUT2D eigenvalue weighted by atomic mass is 10.1. The van der Waals surface area contributed by atoms with Crippen molar-refractivity contribution in [3.05, 3.63) is 120 Å². The molecule has 0 fully saturated rings. The zero-order chi connectivity index (χ0) is 20.8. The van der Waals surface area contributed by atoms with Crippen molar-refractivity contribution in [1.82, 2.24) is 5.32 Å². The van der Waals surface area contributed by atoms with E-state index in [1.165, 1.54) is 0 Å². The lowest BCUT2D eigenvalue weighted by Crippen LogP contribution is -2.30. The number of anilines is 1. The van der Waals surface area contributed by atoms with Crippen LogP contribution in [0.1, 0.15) is 15.9 Å². The summed E-state index contributed by atoms with van der Waals surface area (Å²) in [6.45, 7) is 0. The maximum absolute atomic E-state index is 13.0. The summed E-state index contributed by atoms with van der Waals surface area (Å²) < 4.78 is 0. The molecule has 4 nitrogen and oxygen atoms in total. The molecule has 0 unspecified atom stereocenters. The predicted octanol–water partition coefficient (Wildman–Crippen LogP) is 5.25. The fourth-order valence-electron chi connectivity index (χ4n) is 3.12. The second-order valence-corrected chi connectivity index (χ2v) is 6.80. The molecule has 4 aromatic rings. The molecule has 30 heavy (non-hydrogen) atoms. The van der Waals surface area contributed by atoms with Crippen LogP contribution in [0.4, 0.5) is 5.69 Å². The Labute approximate surface area is 174 Å². The Morgan fingerprint density at radius 1 is 0.667 bits per heavy atom. The van der Waals surface area contributed by atoms with E-state index in [0.717, 1.165) is 16.3 Å². The van der Waals surface area contributed by atoms with Crippen LogP contribution in [0.15, 0.2) is 109 Å². The van der Waals surface area contributed by atoms with Crippen LogP contribution in [-0.4, -0.2) is 11.8 Å². The molecule has 0 radical (unpaired) electrons. The van der Waals surface area contributed by atoms with Crippen molar-refractivity contribution in [1.29, 1.82) is 0 Å². The van der Waals surface area contributed by atoms with Gasteiger partial charge < -0.3 is 10.6 Å². The van der Waals surface area contributed by atoms with Gasteiger partial charge in [0.25, 0.3) is 11.8 Å². The number of carbonyl (C=O) groups is 2. The highest BCUT2D eigenvalue weighted by Crippen LogP contribution is 2.19. The van der Waals surface area contributed by atoms with Gasteiger partial charge in [0, 0.05) is 11.3 Å². The Morgan fingerprint density at radius 2 is 1.30 bits per heavy atom. The van der Waals surface area contributed by atoms with Gasteiger partial charge in [0.2, 0.25) is 0 Å². The Kier molecular flexibility index (Phi) is 5.67. The average molecular weight is 392 g/mol. The molecule has 2 N–H and O–H groups in total. The Hall–Kier alpha value is -4.18. The molecule has 146 valence electrons. The predicted molar refractivity (Wildman–Crippen MR) is 121 cm³/mol. The van der Waals surface area contributed by atoms with Gasteiger partial charge in [0.15, 0.2) is 0 Å². The summed E-state index contributed by atoms with van der Waals surface area (Å²) in [5.74, 6) is -0.732. The first-order chi connectivity index (χ1) is 14.7. The van der Waals surface area contributed by atoms with Crippen molar-refractivity contribution < 1.29 is 9.59 Å². The normalized spacial score (nSPS) is 11.1. The van der Waals surface area contributed by atoms with E-state index in [2.05, 4.69) is 10.6 Å². The van der Waals surface area contributed by atoms with Crippen molar-refractivity contribution in [3.8, 4) is 0 Å². The van der Waals surface area contributed by atoms with Crippen molar-refractivity contribution in [2.45, 2.75) is 0 Å². The average Bonchev–Trinajstić information content (AvgIpc) is 2.80. The summed E-state index contributed by atoms with van der Waals surface area (Å²) >= 11 is 0. The first-order valence-electron chi connectivity index (χ1n) is 9.62. The van der Waals surface area contributed by atoms with Crippen LogP contribution < -0.4 is 10.6 Å². The highest BCUT2D eigenvalue weighted by Gasteiger charge is 2.15. The van der Waals surface area contributed by atoms with E-state index in [1.807, 2.05) is 78.9 Å². The molecule has 0 aliphatic rings. The molecule has 0 bridgehead atoms. The number of hydrogen-bond acceptors (Lipinski definition) is 2. The minimum absolute atomic E-state index is 0.170. The SMILES string of the molecule is O=C(Nc1ccc2ccccc2c1)/C(=C\c1ccccc1)NC(=O)c1ccccc1. The number of fused-ring (bicyclic) bond motifs is 1. The first kappa shape index (κ1) is 19.2. The molecule has 0 aromatic heterocycles. The highest BCUT2D eigenvalue weighted by molar-refractivity contribution is 6.11. The zero-order valence-electron chi connectivity index (χ0n) is 16.2. The van der Waals surface area contributed by atoms with Crippen LogP contribution in [0.5, 0.6) is 0 Å². The molecule has 2 amide bonds. The number of rotatable bonds is 5. The minimum atomic E-state index is -0.390. The summed E-state index contributed by atoms with van der Waals surface area (Å²) in [5.41, 5.74) is 2.12. The monoisotopic (exact) mass is 392 g/mol. The first-order valence-corrected chi connectivity index (χ1v) is 9.62. The smallest absolute Gasteiger partial charge is 0.272 e. The summed E-state index contributed by atoms with van der Waals surface area (Å²) in [7, 11) is 0. The van der Waals surface area contributed by atoms with Crippen LogP contribution in [0.3, 0.4) is 0 Å². The van der Waals surface area contributed by atoms with Gasteiger partial charge in [0.1, 0.15) is 5.70 Å². The van der Waals surface area contributed by atoms with E-state index in [-0.39, 0.29) is 11.6 Å². The van der Waals surface area contributed by atoms with Gasteiger partial charge >= 0.3 is 0 Å². The van der Waals surface area contributed by atoms with Crippen LogP contribution in [0.2, 0.25) is 0 Å². The van der Waals surface area contributed by atoms with E-state index in [1.54, 1.807) is 30.3 Å². The Morgan fingerprint density at radius 3 is 2.03 bits per heavy atom. The standard InChI is InChI=1S/C26H20N2O2/c29-25(21-12-5-2-6-13-21)28-24(17-19-9-3-1-4-10-19)26(30)27-23-16-15-20-11-7-8-14-22(20)18-23/h1-18H,(H,27,30)(H,28,29)/b24-17+. The zero-order valence-corrected chi connectivity index (χ0v) is 16.2. The fraction of sp³-hybridized carbons (Fsp3) is 0. The van der Waals surface area contributed by atoms with E-state index in [4.69, 9.17) is 0 Å². The summed E-state index contributed by atoms with van der Waals surface area (Å²) in [6, 6.07) is 31.9. The molecular formula is C26H20N2O2. The van der Waals surface area contributed by atoms with Crippen LogP contribution in [0, 0.1) is 0 Å². The number of amides is 2. The number of carbonyl (C=O) groups excluding carboxylic acids is 2. The maximum atomic E-state index is 13.0. The third-order valence-electron chi connectivity index (χ3n) is 4.65. The summed E-state index contributed by atoms with van der Waals surface area (Å²) in [6.07, 6.45) is 1.66. The minimum Gasteiger partial charge on any atom is -0.321 e. The van der Waals surface area contributed by atoms with Gasteiger partial charge in [-0.1, -0.05) is 78.9 Å². The van der Waals surface area contributed by atoms with E-state index in [9.17, 15) is 9.59 Å². The van der Waals surface area contributed by atoms with E-state index in [0.29, 0.717) is 11.3 Å². The van der Waals surface area contributed by atoms with E-state index >= 15 is 0 Å². The molecule has 0 saturated heterocycles. The summed E-state index contributed by atoms with van der Waals surface area (Å²) in [5, 5.41) is 7.75. The van der Waals surface area contributed by atoms with Gasteiger partial charge in [-0.05, 0) is 46.7 Å². The maximum Gasteiger partial charge on any atom is 0.272 e. The van der Waals surface area contributed by atoms with Gasteiger partial charge in [-0.3, -0.25) is 9.59 Å². The lowest BCUT2D eigenvalue weighted by Gasteiger charge is -2.12. The molecule has 0 aliphatic carbocycles. The van der Waals surface area contributed by atoms with Crippen LogP contribution >= 0.6 is 0 Å². The van der Waals surface area contributed by atoms with Crippen molar-refractivity contribution in [2.75, 3.05) is 5.32 Å². The topological polar surface area (TPSA) is 58.2 Å². The van der Waals surface area contributed by atoms with Gasteiger partial charge in [-0.2, -0.15) is 0 Å². The largest absolute Gasteiger partial charge is 0.321 e. The molecule has 4 heteroatoms. The van der Waals surface area contributed by atoms with Crippen molar-refractivity contribution in [3.63, 3.8) is 0 Å². The van der Waals surface area contributed by atoms with Gasteiger partial charge in [0.05, 0.1) is 0 Å². The molecule has 4 rings (SSSR count). The highest BCUT2D eigenvalue weighted by atomic mass is 16.2. The quantitative estimate of drug-likeness (QED) is 0.456. The van der Waals surface area contributed by atoms with Crippen molar-refractivity contribution in [2.24, 2.45) is 0 Å². The van der Waals surface area contributed by atoms with E-state index < -0.39 is 5.91 Å². The third kappa shape index (κ3) is 4.62. The van der Waals surface area contributed by atoms with Crippen molar-refractivity contribution >= 4 is 34.4 Å². The third-order valence-corrected chi connectivity index (χ3v) is 4.65. The fourth-order valence-corrected chi connectivity index (χ4v) is 3.12.